The first-order valence-corrected chi connectivity index (χ1v) is 6.79. The standard InChI is InChI=1S/C15H21NO3/c1-4-16-11(3)12-6-5-10(2)9-14(12)19-13-7-8-18-15(13)17/h5-6,9,11,13,16H,4,7-8H2,1-3H3. The number of cyclic esters (lactones) is 1. The topological polar surface area (TPSA) is 47.6 Å². The SMILES string of the molecule is CCNC(C)c1ccc(C)cc1OC1CCOC1=O. The lowest BCUT2D eigenvalue weighted by molar-refractivity contribution is -0.143. The van der Waals surface area contributed by atoms with Crippen molar-refractivity contribution in [2.75, 3.05) is 13.2 Å². The van der Waals surface area contributed by atoms with Crippen molar-refractivity contribution in [3.05, 3.63) is 29.3 Å². The zero-order chi connectivity index (χ0) is 13.8. The molecule has 1 aromatic carbocycles. The van der Waals surface area contributed by atoms with Crippen molar-refractivity contribution in [1.82, 2.24) is 5.32 Å². The van der Waals surface area contributed by atoms with Gasteiger partial charge in [-0.3, -0.25) is 0 Å². The Morgan fingerprint density at radius 3 is 2.95 bits per heavy atom. The van der Waals surface area contributed by atoms with Crippen molar-refractivity contribution in [2.45, 2.75) is 39.3 Å². The highest BCUT2D eigenvalue weighted by Crippen LogP contribution is 2.28. The fraction of sp³-hybridized carbons (Fsp3) is 0.533. The molecule has 0 bridgehead atoms. The molecule has 4 heteroatoms. The van der Waals surface area contributed by atoms with E-state index in [2.05, 4.69) is 31.3 Å². The molecule has 1 heterocycles. The van der Waals surface area contributed by atoms with Crippen molar-refractivity contribution in [3.63, 3.8) is 0 Å². The Balaban J connectivity index is 2.21. The Morgan fingerprint density at radius 1 is 1.53 bits per heavy atom. The molecule has 1 aliphatic heterocycles. The predicted octanol–water partition coefficient (Wildman–Crippen LogP) is 2.36. The van der Waals surface area contributed by atoms with Gasteiger partial charge < -0.3 is 14.8 Å². The predicted molar refractivity (Wildman–Crippen MR) is 73.3 cm³/mol. The molecular weight excluding hydrogens is 242 g/mol. The minimum atomic E-state index is -0.464. The van der Waals surface area contributed by atoms with Crippen LogP contribution in [-0.2, 0) is 9.53 Å². The summed E-state index contributed by atoms with van der Waals surface area (Å²) in [5, 5.41) is 3.36. The van der Waals surface area contributed by atoms with Crippen molar-refractivity contribution in [3.8, 4) is 5.75 Å². The maximum atomic E-state index is 11.5. The van der Waals surface area contributed by atoms with Crippen LogP contribution in [0.5, 0.6) is 5.75 Å². The minimum absolute atomic E-state index is 0.193. The number of nitrogens with one attached hydrogen (secondary N) is 1. The van der Waals surface area contributed by atoms with Crippen LogP contribution in [0.25, 0.3) is 0 Å². The van der Waals surface area contributed by atoms with Gasteiger partial charge in [0.25, 0.3) is 0 Å². The van der Waals surface area contributed by atoms with Crippen LogP contribution in [0.3, 0.4) is 0 Å². The maximum absolute atomic E-state index is 11.5. The number of rotatable bonds is 5. The van der Waals surface area contributed by atoms with E-state index in [1.54, 1.807) is 0 Å². The van der Waals surface area contributed by atoms with Gasteiger partial charge in [0.2, 0.25) is 0 Å². The number of hydrogen-bond acceptors (Lipinski definition) is 4. The van der Waals surface area contributed by atoms with Crippen molar-refractivity contribution >= 4 is 5.97 Å². The first kappa shape index (κ1) is 13.9. The van der Waals surface area contributed by atoms with E-state index in [1.165, 1.54) is 0 Å². The number of ether oxygens (including phenoxy) is 2. The van der Waals surface area contributed by atoms with E-state index in [0.717, 1.165) is 23.4 Å². The summed E-state index contributed by atoms with van der Waals surface area (Å²) in [7, 11) is 0. The maximum Gasteiger partial charge on any atom is 0.347 e. The van der Waals surface area contributed by atoms with Gasteiger partial charge in [0.05, 0.1) is 6.61 Å². The van der Waals surface area contributed by atoms with E-state index < -0.39 is 6.10 Å². The Bertz CT molecular complexity index is 459. The van der Waals surface area contributed by atoms with Crippen LogP contribution in [0, 0.1) is 6.92 Å². The van der Waals surface area contributed by atoms with Crippen molar-refractivity contribution in [1.29, 1.82) is 0 Å². The first-order chi connectivity index (χ1) is 9.11. The molecule has 19 heavy (non-hydrogen) atoms. The van der Waals surface area contributed by atoms with Crippen LogP contribution < -0.4 is 10.1 Å². The van der Waals surface area contributed by atoms with Gasteiger partial charge in [0.1, 0.15) is 5.75 Å². The van der Waals surface area contributed by atoms with E-state index >= 15 is 0 Å². The lowest BCUT2D eigenvalue weighted by Gasteiger charge is -2.19. The van der Waals surface area contributed by atoms with Crippen LogP contribution in [0.4, 0.5) is 0 Å². The summed E-state index contributed by atoms with van der Waals surface area (Å²) in [5.41, 5.74) is 2.20. The second-order valence-corrected chi connectivity index (χ2v) is 4.88. The molecule has 104 valence electrons. The van der Waals surface area contributed by atoms with Crippen LogP contribution in [0.1, 0.15) is 37.4 Å². The lowest BCUT2D eigenvalue weighted by atomic mass is 10.0. The molecule has 2 unspecified atom stereocenters. The molecular formula is C15H21NO3. The Hall–Kier alpha value is -1.55. The second-order valence-electron chi connectivity index (χ2n) is 4.88. The summed E-state index contributed by atoms with van der Waals surface area (Å²) in [6, 6.07) is 6.29. The molecule has 1 fully saturated rings. The lowest BCUT2D eigenvalue weighted by Crippen LogP contribution is -2.24. The number of aryl methyl sites for hydroxylation is 1. The fourth-order valence-electron chi connectivity index (χ4n) is 2.26. The molecule has 0 radical (unpaired) electrons. The fourth-order valence-corrected chi connectivity index (χ4v) is 2.26. The number of benzene rings is 1. The third-order valence-corrected chi connectivity index (χ3v) is 3.30. The summed E-state index contributed by atoms with van der Waals surface area (Å²) in [4.78, 5) is 11.5. The van der Waals surface area contributed by atoms with E-state index in [0.29, 0.717) is 13.0 Å². The molecule has 1 aliphatic rings. The third kappa shape index (κ3) is 3.26. The second kappa shape index (κ2) is 6.06. The van der Waals surface area contributed by atoms with Crippen LogP contribution in [0.15, 0.2) is 18.2 Å². The summed E-state index contributed by atoms with van der Waals surface area (Å²) < 4.78 is 10.8. The number of esters is 1. The summed E-state index contributed by atoms with van der Waals surface area (Å²) in [6.07, 6.45) is 0.163. The molecule has 0 spiro atoms. The number of carbonyl (C=O) groups is 1. The van der Waals surface area contributed by atoms with Crippen LogP contribution >= 0.6 is 0 Å². The van der Waals surface area contributed by atoms with Crippen molar-refractivity contribution in [2.24, 2.45) is 0 Å². The van der Waals surface area contributed by atoms with Gasteiger partial charge in [-0.05, 0) is 32.0 Å². The average Bonchev–Trinajstić information content (AvgIpc) is 2.75. The largest absolute Gasteiger partial charge is 0.478 e. The zero-order valence-electron chi connectivity index (χ0n) is 11.7. The summed E-state index contributed by atoms with van der Waals surface area (Å²) in [6.45, 7) is 7.52. The molecule has 0 saturated carbocycles. The molecule has 1 aromatic rings. The molecule has 0 aliphatic carbocycles. The summed E-state index contributed by atoms with van der Waals surface area (Å²) >= 11 is 0. The molecule has 2 atom stereocenters. The molecule has 1 N–H and O–H groups in total. The quantitative estimate of drug-likeness (QED) is 0.828. The minimum Gasteiger partial charge on any atom is -0.478 e. The highest BCUT2D eigenvalue weighted by Gasteiger charge is 2.29. The van der Waals surface area contributed by atoms with Gasteiger partial charge >= 0.3 is 5.97 Å². The van der Waals surface area contributed by atoms with Crippen LogP contribution in [-0.4, -0.2) is 25.2 Å². The highest BCUT2D eigenvalue weighted by molar-refractivity contribution is 5.76. The zero-order valence-corrected chi connectivity index (χ0v) is 11.7. The van der Waals surface area contributed by atoms with Crippen LogP contribution in [0.2, 0.25) is 0 Å². The number of hydrogen-bond donors (Lipinski definition) is 1. The Labute approximate surface area is 114 Å². The van der Waals surface area contributed by atoms with Gasteiger partial charge in [-0.25, -0.2) is 4.79 Å². The molecule has 2 rings (SSSR count). The van der Waals surface area contributed by atoms with E-state index in [4.69, 9.17) is 9.47 Å². The first-order valence-electron chi connectivity index (χ1n) is 6.79. The van der Waals surface area contributed by atoms with Gasteiger partial charge in [0, 0.05) is 18.0 Å². The van der Waals surface area contributed by atoms with Gasteiger partial charge in [-0.15, -0.1) is 0 Å². The molecule has 0 amide bonds. The van der Waals surface area contributed by atoms with E-state index in [9.17, 15) is 4.79 Å². The average molecular weight is 263 g/mol. The van der Waals surface area contributed by atoms with Gasteiger partial charge in [-0.1, -0.05) is 19.1 Å². The number of carbonyl (C=O) groups excluding carboxylic acids is 1. The van der Waals surface area contributed by atoms with E-state index in [-0.39, 0.29) is 12.0 Å². The van der Waals surface area contributed by atoms with E-state index in [1.807, 2.05) is 13.0 Å². The molecule has 4 nitrogen and oxygen atoms in total. The molecule has 1 saturated heterocycles. The third-order valence-electron chi connectivity index (χ3n) is 3.30. The smallest absolute Gasteiger partial charge is 0.347 e. The highest BCUT2D eigenvalue weighted by atomic mass is 16.6. The Kier molecular flexibility index (Phi) is 4.43. The monoisotopic (exact) mass is 263 g/mol. The van der Waals surface area contributed by atoms with Gasteiger partial charge in [0.15, 0.2) is 6.10 Å². The van der Waals surface area contributed by atoms with Gasteiger partial charge in [-0.2, -0.15) is 0 Å². The summed E-state index contributed by atoms with van der Waals surface area (Å²) in [5.74, 6) is 0.515. The normalized spacial score (nSPS) is 20.2. The molecule has 0 aromatic heterocycles. The van der Waals surface area contributed by atoms with Crippen molar-refractivity contribution < 1.29 is 14.3 Å². The Morgan fingerprint density at radius 2 is 2.32 bits per heavy atom.